The largest absolute Gasteiger partial charge is 0.573 e. The van der Waals surface area contributed by atoms with Crippen molar-refractivity contribution in [3.63, 3.8) is 0 Å². The fourth-order valence-corrected chi connectivity index (χ4v) is 3.41. The van der Waals surface area contributed by atoms with Gasteiger partial charge in [0.2, 0.25) is 0 Å². The first-order valence-electron chi connectivity index (χ1n) is 6.69. The maximum absolute atomic E-state index is 12.5. The van der Waals surface area contributed by atoms with Crippen LogP contribution in [0.1, 0.15) is 31.2 Å². The molecule has 20 heavy (non-hydrogen) atoms. The molecule has 1 aromatic carbocycles. The Labute approximate surface area is 114 Å². The molecule has 2 atom stereocenters. The molecule has 2 aliphatic heterocycles. The lowest BCUT2D eigenvalue weighted by molar-refractivity contribution is -0.275. The van der Waals surface area contributed by atoms with Crippen molar-refractivity contribution in [2.75, 3.05) is 0 Å². The van der Waals surface area contributed by atoms with Crippen LogP contribution in [0.5, 0.6) is 5.75 Å². The van der Waals surface area contributed by atoms with Crippen molar-refractivity contribution >= 4 is 0 Å². The van der Waals surface area contributed by atoms with Gasteiger partial charge in [-0.1, -0.05) is 18.2 Å². The molecule has 2 heterocycles. The lowest BCUT2D eigenvalue weighted by Crippen LogP contribution is -2.46. The Hall–Kier alpha value is -1.27. The molecule has 0 aliphatic carbocycles. The number of nitrogens with one attached hydrogen (secondary N) is 1. The molecule has 0 amide bonds. The number of hydrogen-bond donors (Lipinski definition) is 2. The average molecular weight is 287 g/mol. The highest BCUT2D eigenvalue weighted by Gasteiger charge is 2.45. The van der Waals surface area contributed by atoms with E-state index in [1.54, 1.807) is 6.07 Å². The molecule has 2 fully saturated rings. The van der Waals surface area contributed by atoms with Crippen LogP contribution in [0.2, 0.25) is 0 Å². The monoisotopic (exact) mass is 287 g/mol. The molecular weight excluding hydrogens is 271 g/mol. The number of rotatable bonds is 2. The highest BCUT2D eigenvalue weighted by molar-refractivity contribution is 5.39. The Kier molecular flexibility index (Phi) is 3.17. The van der Waals surface area contributed by atoms with E-state index in [4.69, 9.17) is 0 Å². The molecule has 2 N–H and O–H groups in total. The maximum Gasteiger partial charge on any atom is 0.573 e. The smallest absolute Gasteiger partial charge is 0.405 e. The van der Waals surface area contributed by atoms with Crippen LogP contribution < -0.4 is 10.1 Å². The average Bonchev–Trinajstić information content (AvgIpc) is 2.68. The minimum atomic E-state index is -4.75. The Balaban J connectivity index is 1.93. The Bertz CT molecular complexity index is 491. The van der Waals surface area contributed by atoms with E-state index in [1.165, 1.54) is 18.2 Å². The van der Waals surface area contributed by atoms with Crippen molar-refractivity contribution in [3.8, 4) is 5.75 Å². The quantitative estimate of drug-likeness (QED) is 0.878. The first kappa shape index (κ1) is 13.7. The van der Waals surface area contributed by atoms with Crippen molar-refractivity contribution in [3.05, 3.63) is 29.8 Å². The van der Waals surface area contributed by atoms with E-state index in [0.29, 0.717) is 12.8 Å². The number of alkyl halides is 3. The molecular formula is C14H16F3NO2. The second-order valence-corrected chi connectivity index (χ2v) is 5.62. The van der Waals surface area contributed by atoms with Crippen molar-refractivity contribution in [2.24, 2.45) is 0 Å². The minimum Gasteiger partial charge on any atom is -0.405 e. The molecule has 6 heteroatoms. The molecule has 3 nitrogen and oxygen atoms in total. The third-order valence-corrected chi connectivity index (χ3v) is 4.12. The van der Waals surface area contributed by atoms with E-state index in [2.05, 4.69) is 10.1 Å². The number of para-hydroxylation sites is 1. The van der Waals surface area contributed by atoms with Gasteiger partial charge in [0.15, 0.2) is 0 Å². The lowest BCUT2D eigenvalue weighted by atomic mass is 9.81. The topological polar surface area (TPSA) is 41.5 Å². The van der Waals surface area contributed by atoms with Gasteiger partial charge in [-0.25, -0.2) is 0 Å². The summed E-state index contributed by atoms with van der Waals surface area (Å²) < 4.78 is 41.5. The maximum atomic E-state index is 12.5. The fourth-order valence-electron chi connectivity index (χ4n) is 3.41. The predicted octanol–water partition coefficient (Wildman–Crippen LogP) is 2.69. The molecule has 2 saturated heterocycles. The van der Waals surface area contributed by atoms with Gasteiger partial charge in [0, 0.05) is 17.6 Å². The molecule has 2 aliphatic rings. The number of fused-ring (bicyclic) bond motifs is 2. The molecule has 1 aromatic rings. The minimum absolute atomic E-state index is 0.165. The van der Waals surface area contributed by atoms with Crippen LogP contribution in [0.4, 0.5) is 13.2 Å². The highest BCUT2D eigenvalue weighted by atomic mass is 19.4. The normalized spacial score (nSPS) is 33.2. The number of benzene rings is 1. The molecule has 0 aromatic heterocycles. The summed E-state index contributed by atoms with van der Waals surface area (Å²) >= 11 is 0. The highest BCUT2D eigenvalue weighted by Crippen LogP contribution is 2.44. The summed E-state index contributed by atoms with van der Waals surface area (Å²) in [5.74, 6) is -0.302. The third-order valence-electron chi connectivity index (χ3n) is 4.12. The first-order chi connectivity index (χ1) is 9.36. The van der Waals surface area contributed by atoms with Gasteiger partial charge in [0.1, 0.15) is 5.75 Å². The lowest BCUT2D eigenvalue weighted by Gasteiger charge is -2.38. The summed E-state index contributed by atoms with van der Waals surface area (Å²) in [6.07, 6.45) is -2.01. The molecule has 110 valence electrons. The summed E-state index contributed by atoms with van der Waals surface area (Å²) in [4.78, 5) is 0. The summed E-state index contributed by atoms with van der Waals surface area (Å²) in [6, 6.07) is 6.20. The van der Waals surface area contributed by atoms with Crippen LogP contribution in [0.25, 0.3) is 0 Å². The number of piperidine rings is 1. The first-order valence-corrected chi connectivity index (χ1v) is 6.69. The molecule has 3 rings (SSSR count). The third kappa shape index (κ3) is 2.62. The zero-order chi connectivity index (χ0) is 14.4. The Morgan fingerprint density at radius 2 is 1.75 bits per heavy atom. The van der Waals surface area contributed by atoms with Crippen LogP contribution in [-0.2, 0) is 5.60 Å². The molecule has 2 unspecified atom stereocenters. The summed E-state index contributed by atoms with van der Waals surface area (Å²) in [5, 5.41) is 14.2. The van der Waals surface area contributed by atoms with E-state index >= 15 is 0 Å². The van der Waals surface area contributed by atoms with Crippen molar-refractivity contribution in [2.45, 2.75) is 49.7 Å². The predicted molar refractivity (Wildman–Crippen MR) is 66.2 cm³/mol. The van der Waals surface area contributed by atoms with E-state index < -0.39 is 12.0 Å². The summed E-state index contributed by atoms with van der Waals surface area (Å²) in [5.41, 5.74) is -1.02. The molecule has 0 saturated carbocycles. The van der Waals surface area contributed by atoms with Gasteiger partial charge >= 0.3 is 6.36 Å². The van der Waals surface area contributed by atoms with Crippen molar-refractivity contribution < 1.29 is 23.0 Å². The van der Waals surface area contributed by atoms with E-state index in [9.17, 15) is 18.3 Å². The van der Waals surface area contributed by atoms with E-state index in [1.807, 2.05) is 0 Å². The second-order valence-electron chi connectivity index (χ2n) is 5.62. The van der Waals surface area contributed by atoms with Crippen LogP contribution in [0, 0.1) is 0 Å². The number of hydrogen-bond acceptors (Lipinski definition) is 3. The summed E-state index contributed by atoms with van der Waals surface area (Å²) in [7, 11) is 0. The number of ether oxygens (including phenoxy) is 1. The number of aliphatic hydroxyl groups is 1. The zero-order valence-electron chi connectivity index (χ0n) is 10.8. The van der Waals surface area contributed by atoms with Crippen LogP contribution >= 0.6 is 0 Å². The van der Waals surface area contributed by atoms with Gasteiger partial charge in [-0.3, -0.25) is 0 Å². The van der Waals surface area contributed by atoms with Crippen molar-refractivity contribution in [1.82, 2.24) is 5.32 Å². The fraction of sp³-hybridized carbons (Fsp3) is 0.571. The SMILES string of the molecule is OC1(c2ccccc2OC(F)(F)F)CC2CCC(C1)N2. The Morgan fingerprint density at radius 3 is 2.35 bits per heavy atom. The van der Waals surface area contributed by atoms with Gasteiger partial charge < -0.3 is 15.2 Å². The summed E-state index contributed by atoms with van der Waals surface area (Å²) in [6.45, 7) is 0. The molecule has 2 bridgehead atoms. The zero-order valence-corrected chi connectivity index (χ0v) is 10.8. The van der Waals surface area contributed by atoms with Crippen LogP contribution in [-0.4, -0.2) is 23.6 Å². The number of halogens is 3. The van der Waals surface area contributed by atoms with Gasteiger partial charge in [0.25, 0.3) is 0 Å². The standard InChI is InChI=1S/C14H16F3NO2/c15-14(16,17)20-12-4-2-1-3-11(12)13(19)7-9-5-6-10(8-13)18-9/h1-4,9-10,18-19H,5-8H2. The van der Waals surface area contributed by atoms with Crippen molar-refractivity contribution in [1.29, 1.82) is 0 Å². The van der Waals surface area contributed by atoms with Gasteiger partial charge in [-0.05, 0) is 31.7 Å². The Morgan fingerprint density at radius 1 is 1.15 bits per heavy atom. The van der Waals surface area contributed by atoms with Crippen LogP contribution in [0.3, 0.4) is 0 Å². The van der Waals surface area contributed by atoms with E-state index in [0.717, 1.165) is 12.8 Å². The van der Waals surface area contributed by atoms with E-state index in [-0.39, 0.29) is 23.4 Å². The molecule has 0 radical (unpaired) electrons. The molecule has 0 spiro atoms. The van der Waals surface area contributed by atoms with Gasteiger partial charge in [-0.15, -0.1) is 13.2 Å². The van der Waals surface area contributed by atoms with Gasteiger partial charge in [0.05, 0.1) is 5.60 Å². The van der Waals surface area contributed by atoms with Gasteiger partial charge in [-0.2, -0.15) is 0 Å². The van der Waals surface area contributed by atoms with Crippen LogP contribution in [0.15, 0.2) is 24.3 Å². The second kappa shape index (κ2) is 4.63.